The quantitative estimate of drug-likeness (QED) is 0.885. The van der Waals surface area contributed by atoms with Gasteiger partial charge < -0.3 is 11.1 Å². The molecule has 1 aromatic heterocycles. The van der Waals surface area contributed by atoms with Crippen LogP contribution in [0.3, 0.4) is 0 Å². The zero-order chi connectivity index (χ0) is 13.2. The van der Waals surface area contributed by atoms with Crippen molar-refractivity contribution in [3.8, 4) is 0 Å². The Morgan fingerprint density at radius 2 is 1.95 bits per heavy atom. The molecule has 4 nitrogen and oxygen atoms in total. The first-order valence-corrected chi connectivity index (χ1v) is 7.33. The Morgan fingerprint density at radius 1 is 1.35 bits per heavy atom. The number of carbonyl (C=O) groups excluding carboxylic acids is 1. The van der Waals surface area contributed by atoms with Crippen molar-refractivity contribution in [2.75, 3.05) is 6.54 Å². The number of carbonyl (C=O) groups is 1. The van der Waals surface area contributed by atoms with Gasteiger partial charge in [0.25, 0.3) is 0 Å². The van der Waals surface area contributed by atoms with Crippen molar-refractivity contribution in [1.29, 1.82) is 0 Å². The molecule has 0 radical (unpaired) electrons. The molecule has 1 aliphatic carbocycles. The van der Waals surface area contributed by atoms with Gasteiger partial charge in [-0.25, -0.2) is 4.98 Å². The van der Waals surface area contributed by atoms with Gasteiger partial charge in [0, 0.05) is 17.8 Å². The number of nitrogens with two attached hydrogens (primary N) is 1. The third kappa shape index (κ3) is 4.58. The molecule has 0 atom stereocenters. The van der Waals surface area contributed by atoms with E-state index >= 15 is 0 Å². The van der Waals surface area contributed by atoms with Crippen molar-refractivity contribution in [3.05, 3.63) is 15.6 Å². The highest BCUT2D eigenvalue weighted by Gasteiger charge is 2.36. The van der Waals surface area contributed by atoms with Crippen molar-refractivity contribution in [2.24, 2.45) is 5.73 Å². The molecule has 0 spiro atoms. The fraction of sp³-hybridized carbons (Fsp3) is 0.692. The highest BCUT2D eigenvalue weighted by Crippen LogP contribution is 2.27. The first-order valence-electron chi connectivity index (χ1n) is 6.51. The van der Waals surface area contributed by atoms with Gasteiger partial charge in [0.15, 0.2) is 0 Å². The number of aromatic nitrogens is 1. The maximum atomic E-state index is 12.0. The van der Waals surface area contributed by atoms with Gasteiger partial charge in [-0.3, -0.25) is 4.79 Å². The molecule has 0 unspecified atom stereocenters. The summed E-state index contributed by atoms with van der Waals surface area (Å²) < 4.78 is 0. The Morgan fingerprint density at radius 3 is 2.45 bits per heavy atom. The lowest BCUT2D eigenvalue weighted by Crippen LogP contribution is -2.52. The Kier molecular flexibility index (Phi) is 8.03. The summed E-state index contributed by atoms with van der Waals surface area (Å²) in [5.41, 5.74) is 6.56. The van der Waals surface area contributed by atoms with Gasteiger partial charge in [-0.05, 0) is 26.7 Å². The number of halogens is 2. The Balaban J connectivity index is 0.00000180. The summed E-state index contributed by atoms with van der Waals surface area (Å²) in [6.07, 6.45) is 4.55. The molecule has 1 fully saturated rings. The van der Waals surface area contributed by atoms with E-state index in [1.54, 1.807) is 11.3 Å². The maximum absolute atomic E-state index is 12.0. The molecule has 2 rings (SSSR count). The second-order valence-corrected chi connectivity index (χ2v) is 6.41. The molecule has 1 heterocycles. The van der Waals surface area contributed by atoms with Crippen molar-refractivity contribution < 1.29 is 4.79 Å². The lowest BCUT2D eigenvalue weighted by Gasteiger charge is -2.21. The Bertz CT molecular complexity index is 425. The van der Waals surface area contributed by atoms with Crippen LogP contribution in [0, 0.1) is 13.8 Å². The van der Waals surface area contributed by atoms with Crippen LogP contribution in [0.25, 0.3) is 0 Å². The van der Waals surface area contributed by atoms with Crippen molar-refractivity contribution in [1.82, 2.24) is 10.3 Å². The smallest absolute Gasteiger partial charge is 0.240 e. The van der Waals surface area contributed by atoms with Crippen LogP contribution < -0.4 is 11.1 Å². The number of nitrogens with one attached hydrogen (secondary N) is 1. The third-order valence-electron chi connectivity index (χ3n) is 3.65. The van der Waals surface area contributed by atoms with E-state index in [1.807, 2.05) is 6.92 Å². The van der Waals surface area contributed by atoms with Gasteiger partial charge >= 0.3 is 0 Å². The van der Waals surface area contributed by atoms with Gasteiger partial charge in [0.05, 0.1) is 16.2 Å². The highest BCUT2D eigenvalue weighted by atomic mass is 35.5. The standard InChI is InChI=1S/C13H21N3OS.2ClH/c1-9-10(2)18-11(16-9)5-8-15-12(17)13(14)6-3-4-7-13;;/h3-8,14H2,1-2H3,(H,15,17);2*1H. The van der Waals surface area contributed by atoms with E-state index in [4.69, 9.17) is 5.73 Å². The molecule has 1 aliphatic rings. The minimum Gasteiger partial charge on any atom is -0.354 e. The van der Waals surface area contributed by atoms with E-state index in [-0.39, 0.29) is 30.7 Å². The van der Waals surface area contributed by atoms with Crippen LogP contribution in [0.5, 0.6) is 0 Å². The number of hydrogen-bond donors (Lipinski definition) is 2. The van der Waals surface area contributed by atoms with Gasteiger partial charge in [-0.15, -0.1) is 36.2 Å². The fourth-order valence-corrected chi connectivity index (χ4v) is 3.27. The average molecular weight is 340 g/mol. The third-order valence-corrected chi connectivity index (χ3v) is 4.78. The monoisotopic (exact) mass is 339 g/mol. The van der Waals surface area contributed by atoms with Crippen LogP contribution in [-0.4, -0.2) is 23.0 Å². The van der Waals surface area contributed by atoms with Crippen molar-refractivity contribution in [2.45, 2.75) is 51.5 Å². The first kappa shape index (κ1) is 19.6. The van der Waals surface area contributed by atoms with Gasteiger partial charge in [-0.1, -0.05) is 12.8 Å². The number of thiazole rings is 1. The molecule has 1 amide bonds. The SMILES string of the molecule is Cc1nc(CCNC(=O)C2(N)CCCC2)sc1C.Cl.Cl. The minimum atomic E-state index is -0.616. The molecule has 0 bridgehead atoms. The van der Waals surface area contributed by atoms with E-state index in [2.05, 4.69) is 17.2 Å². The molecule has 0 saturated heterocycles. The summed E-state index contributed by atoms with van der Waals surface area (Å²) >= 11 is 1.70. The van der Waals surface area contributed by atoms with Crippen molar-refractivity contribution >= 4 is 42.1 Å². The summed E-state index contributed by atoms with van der Waals surface area (Å²) in [6.45, 7) is 4.72. The van der Waals surface area contributed by atoms with E-state index in [0.29, 0.717) is 6.54 Å². The van der Waals surface area contributed by atoms with Crippen LogP contribution in [0.15, 0.2) is 0 Å². The lowest BCUT2D eigenvalue weighted by molar-refractivity contribution is -0.126. The van der Waals surface area contributed by atoms with Crippen LogP contribution in [0.4, 0.5) is 0 Å². The average Bonchev–Trinajstić information content (AvgIpc) is 2.88. The molecule has 7 heteroatoms. The molecule has 0 aliphatic heterocycles. The molecular weight excluding hydrogens is 317 g/mol. The highest BCUT2D eigenvalue weighted by molar-refractivity contribution is 7.11. The zero-order valence-corrected chi connectivity index (χ0v) is 14.3. The largest absolute Gasteiger partial charge is 0.354 e. The predicted octanol–water partition coefficient (Wildman–Crippen LogP) is 2.53. The predicted molar refractivity (Wildman–Crippen MR) is 88.2 cm³/mol. The lowest BCUT2D eigenvalue weighted by atomic mass is 9.98. The molecule has 1 saturated carbocycles. The second kappa shape index (κ2) is 8.17. The van der Waals surface area contributed by atoms with E-state index < -0.39 is 5.54 Å². The molecule has 3 N–H and O–H groups in total. The Labute approximate surface area is 136 Å². The van der Waals surface area contributed by atoms with Gasteiger partial charge in [0.1, 0.15) is 0 Å². The zero-order valence-electron chi connectivity index (χ0n) is 11.9. The Hall–Kier alpha value is -0.360. The first-order chi connectivity index (χ1) is 8.51. The topological polar surface area (TPSA) is 68.0 Å². The summed E-state index contributed by atoms with van der Waals surface area (Å²) in [4.78, 5) is 17.7. The molecular formula is C13H23Cl2N3OS. The number of amides is 1. The van der Waals surface area contributed by atoms with Crippen molar-refractivity contribution in [3.63, 3.8) is 0 Å². The summed E-state index contributed by atoms with van der Waals surface area (Å²) in [7, 11) is 0. The number of nitrogens with zero attached hydrogens (tertiary/aromatic N) is 1. The van der Waals surface area contributed by atoms with Crippen LogP contribution >= 0.6 is 36.2 Å². The van der Waals surface area contributed by atoms with E-state index in [1.165, 1.54) is 4.88 Å². The van der Waals surface area contributed by atoms with Crippen LogP contribution in [0.2, 0.25) is 0 Å². The minimum absolute atomic E-state index is 0. The summed E-state index contributed by atoms with van der Waals surface area (Å²) in [5, 5.41) is 4.03. The van der Waals surface area contributed by atoms with E-state index in [0.717, 1.165) is 42.8 Å². The summed E-state index contributed by atoms with van der Waals surface area (Å²) in [5.74, 6) is 0.00463. The number of aryl methyl sites for hydroxylation is 2. The molecule has 0 aromatic carbocycles. The normalized spacial score (nSPS) is 16.1. The number of rotatable bonds is 4. The van der Waals surface area contributed by atoms with Crippen LogP contribution in [-0.2, 0) is 11.2 Å². The molecule has 1 aromatic rings. The fourth-order valence-electron chi connectivity index (χ4n) is 2.34. The molecule has 116 valence electrons. The number of hydrogen-bond acceptors (Lipinski definition) is 4. The van der Waals surface area contributed by atoms with Crippen LogP contribution in [0.1, 0.15) is 41.3 Å². The van der Waals surface area contributed by atoms with E-state index in [9.17, 15) is 4.79 Å². The summed E-state index contributed by atoms with van der Waals surface area (Å²) in [6, 6.07) is 0. The second-order valence-electron chi connectivity index (χ2n) is 5.12. The van der Waals surface area contributed by atoms with Gasteiger partial charge in [-0.2, -0.15) is 0 Å². The van der Waals surface area contributed by atoms with Gasteiger partial charge in [0.2, 0.25) is 5.91 Å². The maximum Gasteiger partial charge on any atom is 0.240 e. The molecule has 20 heavy (non-hydrogen) atoms.